The number of hydrogen-bond donors (Lipinski definition) is 2. The van der Waals surface area contributed by atoms with Gasteiger partial charge in [-0.05, 0) is 25.5 Å². The van der Waals surface area contributed by atoms with Gasteiger partial charge in [0, 0.05) is 24.6 Å². The summed E-state index contributed by atoms with van der Waals surface area (Å²) in [7, 11) is 1.60. The van der Waals surface area contributed by atoms with Gasteiger partial charge in [-0.3, -0.25) is 0 Å². The Morgan fingerprint density at radius 3 is 2.67 bits per heavy atom. The lowest BCUT2D eigenvalue weighted by Gasteiger charge is -2.13. The Balaban J connectivity index is 0.00000220. The van der Waals surface area contributed by atoms with E-state index < -0.39 is 11.6 Å². The van der Waals surface area contributed by atoms with Crippen molar-refractivity contribution >= 4 is 29.9 Å². The lowest BCUT2D eigenvalue weighted by atomic mass is 10.1. The van der Waals surface area contributed by atoms with Crippen molar-refractivity contribution in [2.24, 2.45) is 10.7 Å². The van der Waals surface area contributed by atoms with Crippen LogP contribution in [0.2, 0.25) is 0 Å². The van der Waals surface area contributed by atoms with Gasteiger partial charge >= 0.3 is 0 Å². The van der Waals surface area contributed by atoms with Crippen LogP contribution in [0.4, 0.5) is 8.78 Å². The van der Waals surface area contributed by atoms with E-state index >= 15 is 0 Å². The minimum Gasteiger partial charge on any atom is -0.383 e. The molecule has 118 valence electrons. The quantitative estimate of drug-likeness (QED) is 0.445. The molecule has 3 unspecified atom stereocenters. The van der Waals surface area contributed by atoms with Crippen LogP contribution in [-0.4, -0.2) is 31.8 Å². The van der Waals surface area contributed by atoms with Crippen LogP contribution >= 0.6 is 24.0 Å². The molecule has 0 radical (unpaired) electrons. The Bertz CT molecular complexity index is 493. The lowest BCUT2D eigenvalue weighted by molar-refractivity contribution is 0.179. The predicted octanol–water partition coefficient (Wildman–Crippen LogP) is 2.38. The van der Waals surface area contributed by atoms with Crippen molar-refractivity contribution in [1.82, 2.24) is 5.32 Å². The first-order valence-electron chi connectivity index (χ1n) is 6.55. The number of halogens is 3. The van der Waals surface area contributed by atoms with E-state index in [0.29, 0.717) is 13.0 Å². The van der Waals surface area contributed by atoms with E-state index in [1.807, 2.05) is 6.92 Å². The minimum absolute atomic E-state index is 0. The summed E-state index contributed by atoms with van der Waals surface area (Å²) in [6, 6.07) is 3.76. The third-order valence-corrected chi connectivity index (χ3v) is 3.24. The fourth-order valence-electron chi connectivity index (χ4n) is 2.26. The summed E-state index contributed by atoms with van der Waals surface area (Å²) in [6.07, 6.45) is 0.610. The number of hydrogen-bond acceptors (Lipinski definition) is 2. The predicted molar refractivity (Wildman–Crippen MR) is 89.0 cm³/mol. The zero-order chi connectivity index (χ0) is 14.7. The first-order valence-corrected chi connectivity index (χ1v) is 6.55. The van der Waals surface area contributed by atoms with Gasteiger partial charge in [0.15, 0.2) is 5.96 Å². The molecule has 21 heavy (non-hydrogen) atoms. The van der Waals surface area contributed by atoms with E-state index in [0.717, 1.165) is 0 Å². The summed E-state index contributed by atoms with van der Waals surface area (Å²) in [6.45, 7) is 2.42. The van der Waals surface area contributed by atoms with Crippen LogP contribution < -0.4 is 11.1 Å². The fourth-order valence-corrected chi connectivity index (χ4v) is 2.26. The second-order valence-electron chi connectivity index (χ2n) is 5.06. The minimum atomic E-state index is -0.521. The normalized spacial score (nSPS) is 22.4. The molecular formula is C14H20F2IN3O. The van der Waals surface area contributed by atoms with Gasteiger partial charge in [0.1, 0.15) is 11.6 Å². The highest BCUT2D eigenvalue weighted by Crippen LogP contribution is 2.45. The molecule has 0 heterocycles. The third-order valence-electron chi connectivity index (χ3n) is 3.24. The van der Waals surface area contributed by atoms with Crippen molar-refractivity contribution in [2.75, 3.05) is 13.7 Å². The zero-order valence-corrected chi connectivity index (χ0v) is 14.3. The summed E-state index contributed by atoms with van der Waals surface area (Å²) in [5.74, 6) is -0.993. The van der Waals surface area contributed by atoms with Crippen LogP contribution in [0.5, 0.6) is 0 Å². The monoisotopic (exact) mass is 411 g/mol. The van der Waals surface area contributed by atoms with Crippen molar-refractivity contribution in [1.29, 1.82) is 0 Å². The van der Waals surface area contributed by atoms with Gasteiger partial charge in [-0.15, -0.1) is 24.0 Å². The van der Waals surface area contributed by atoms with Crippen LogP contribution in [0.1, 0.15) is 24.8 Å². The molecule has 0 bridgehead atoms. The standard InChI is InChI=1S/C14H19F2N3O.HI/c1-8(7-20-2)18-14(17)19-12-6-9(12)13-10(15)4-3-5-11(13)16;/h3-5,8-9,12H,6-7H2,1-2H3,(H3,17,18,19);1H. The van der Waals surface area contributed by atoms with Crippen molar-refractivity contribution in [3.63, 3.8) is 0 Å². The van der Waals surface area contributed by atoms with Gasteiger partial charge in [-0.2, -0.15) is 0 Å². The Hall–Kier alpha value is -0.960. The highest BCUT2D eigenvalue weighted by molar-refractivity contribution is 14.0. The van der Waals surface area contributed by atoms with E-state index in [9.17, 15) is 8.78 Å². The molecular weight excluding hydrogens is 391 g/mol. The molecule has 0 aliphatic heterocycles. The maximum Gasteiger partial charge on any atom is 0.189 e. The molecule has 3 N–H and O–H groups in total. The van der Waals surface area contributed by atoms with Crippen molar-refractivity contribution in [3.8, 4) is 0 Å². The fraction of sp³-hybridized carbons (Fsp3) is 0.500. The maximum absolute atomic E-state index is 13.6. The average molecular weight is 411 g/mol. The molecule has 4 nitrogen and oxygen atoms in total. The van der Waals surface area contributed by atoms with Crippen molar-refractivity contribution < 1.29 is 13.5 Å². The topological polar surface area (TPSA) is 59.6 Å². The van der Waals surface area contributed by atoms with Gasteiger partial charge in [0.05, 0.1) is 12.6 Å². The zero-order valence-electron chi connectivity index (χ0n) is 12.0. The van der Waals surface area contributed by atoms with Crippen LogP contribution in [0.3, 0.4) is 0 Å². The average Bonchev–Trinajstić information content (AvgIpc) is 3.07. The smallest absolute Gasteiger partial charge is 0.189 e. The highest BCUT2D eigenvalue weighted by Gasteiger charge is 2.42. The van der Waals surface area contributed by atoms with E-state index in [4.69, 9.17) is 10.5 Å². The number of methoxy groups -OCH3 is 1. The first kappa shape index (κ1) is 18.1. The number of rotatable bonds is 5. The number of nitrogens with one attached hydrogen (secondary N) is 1. The maximum atomic E-state index is 13.6. The molecule has 3 atom stereocenters. The number of aliphatic imine (C=N–C) groups is 1. The number of nitrogens with zero attached hydrogens (tertiary/aromatic N) is 1. The van der Waals surface area contributed by atoms with Crippen molar-refractivity contribution in [3.05, 3.63) is 35.4 Å². The molecule has 7 heteroatoms. The van der Waals surface area contributed by atoms with Crippen LogP contribution in [0, 0.1) is 11.6 Å². The molecule has 0 spiro atoms. The summed E-state index contributed by atoms with van der Waals surface area (Å²) in [4.78, 5) is 4.25. The summed E-state index contributed by atoms with van der Waals surface area (Å²) in [5.41, 5.74) is 5.87. The second kappa shape index (κ2) is 7.88. The number of benzene rings is 1. The second-order valence-corrected chi connectivity index (χ2v) is 5.06. The van der Waals surface area contributed by atoms with E-state index in [1.165, 1.54) is 18.2 Å². The summed E-state index contributed by atoms with van der Waals surface area (Å²) < 4.78 is 32.2. The Morgan fingerprint density at radius 2 is 2.10 bits per heavy atom. The van der Waals surface area contributed by atoms with Gasteiger partial charge in [0.25, 0.3) is 0 Å². The Morgan fingerprint density at radius 1 is 1.48 bits per heavy atom. The third kappa shape index (κ3) is 4.77. The molecule has 0 aromatic heterocycles. The van der Waals surface area contributed by atoms with Gasteiger partial charge in [-0.25, -0.2) is 13.8 Å². The van der Waals surface area contributed by atoms with Gasteiger partial charge in [-0.1, -0.05) is 6.07 Å². The highest BCUT2D eigenvalue weighted by atomic mass is 127. The number of guanidine groups is 1. The van der Waals surface area contributed by atoms with E-state index in [-0.39, 0.29) is 53.5 Å². The van der Waals surface area contributed by atoms with Gasteiger partial charge < -0.3 is 15.8 Å². The number of nitrogens with two attached hydrogens (primary N) is 1. The number of ether oxygens (including phenoxy) is 1. The van der Waals surface area contributed by atoms with Crippen molar-refractivity contribution in [2.45, 2.75) is 31.3 Å². The largest absolute Gasteiger partial charge is 0.383 e. The molecule has 1 aliphatic rings. The van der Waals surface area contributed by atoms with E-state index in [2.05, 4.69) is 10.3 Å². The first-order chi connectivity index (χ1) is 9.52. The molecule has 1 saturated carbocycles. The summed E-state index contributed by atoms with van der Waals surface area (Å²) in [5, 5.41) is 2.97. The summed E-state index contributed by atoms with van der Waals surface area (Å²) >= 11 is 0. The molecule has 2 rings (SSSR count). The van der Waals surface area contributed by atoms with Crippen LogP contribution in [0.15, 0.2) is 23.2 Å². The molecule has 1 fully saturated rings. The van der Waals surface area contributed by atoms with Gasteiger partial charge in [0.2, 0.25) is 0 Å². The molecule has 1 aliphatic carbocycles. The lowest BCUT2D eigenvalue weighted by Crippen LogP contribution is -2.40. The van der Waals surface area contributed by atoms with Crippen LogP contribution in [0.25, 0.3) is 0 Å². The Kier molecular flexibility index (Phi) is 6.79. The van der Waals surface area contributed by atoms with Crippen LogP contribution in [-0.2, 0) is 4.74 Å². The molecule has 0 saturated heterocycles. The molecule has 0 amide bonds. The molecule has 1 aromatic rings. The Labute approximate surface area is 140 Å². The van der Waals surface area contributed by atoms with E-state index in [1.54, 1.807) is 7.11 Å². The molecule has 1 aromatic carbocycles. The SMILES string of the molecule is COCC(C)NC(N)=NC1CC1c1c(F)cccc1F.I.